The molecule has 110 valence electrons. The summed E-state index contributed by atoms with van der Waals surface area (Å²) in [4.78, 5) is 13.9. The molecule has 5 nitrogen and oxygen atoms in total. The van der Waals surface area contributed by atoms with Crippen molar-refractivity contribution in [2.75, 3.05) is 30.3 Å². The standard InChI is InChI=1S/C15H22N2O3/c1-3-20-14(18)11-6-4-7-12(13(11)16)17-9-5-8-15(2,19)10-17/h4,6-7,19H,3,5,8-10,16H2,1-2H3. The fourth-order valence-electron chi connectivity index (χ4n) is 2.64. The Morgan fingerprint density at radius 3 is 2.95 bits per heavy atom. The minimum absolute atomic E-state index is 0.320. The maximum Gasteiger partial charge on any atom is 0.340 e. The molecule has 3 N–H and O–H groups in total. The highest BCUT2D eigenvalue weighted by molar-refractivity contribution is 5.98. The molecule has 2 rings (SSSR count). The lowest BCUT2D eigenvalue weighted by Crippen LogP contribution is -2.46. The summed E-state index contributed by atoms with van der Waals surface area (Å²) < 4.78 is 5.01. The number of nitrogens with two attached hydrogens (primary N) is 1. The number of benzene rings is 1. The van der Waals surface area contributed by atoms with Gasteiger partial charge in [0.05, 0.1) is 29.1 Å². The van der Waals surface area contributed by atoms with Crippen molar-refractivity contribution in [3.8, 4) is 0 Å². The van der Waals surface area contributed by atoms with E-state index in [9.17, 15) is 9.90 Å². The molecule has 1 heterocycles. The zero-order chi connectivity index (χ0) is 14.8. The minimum atomic E-state index is -0.718. The molecule has 0 aromatic heterocycles. The second kappa shape index (κ2) is 5.71. The number of piperidine rings is 1. The zero-order valence-corrected chi connectivity index (χ0v) is 12.1. The summed E-state index contributed by atoms with van der Waals surface area (Å²) in [5.74, 6) is -0.407. The van der Waals surface area contributed by atoms with Crippen LogP contribution in [0.5, 0.6) is 0 Å². The lowest BCUT2D eigenvalue weighted by Gasteiger charge is -2.38. The Morgan fingerprint density at radius 1 is 1.55 bits per heavy atom. The molecule has 0 radical (unpaired) electrons. The van der Waals surface area contributed by atoms with Crippen LogP contribution in [-0.4, -0.2) is 36.4 Å². The second-order valence-electron chi connectivity index (χ2n) is 5.48. The van der Waals surface area contributed by atoms with E-state index in [4.69, 9.17) is 10.5 Å². The van der Waals surface area contributed by atoms with Gasteiger partial charge in [0, 0.05) is 13.1 Å². The topological polar surface area (TPSA) is 75.8 Å². The molecule has 0 saturated carbocycles. The molecule has 1 aromatic carbocycles. The Labute approximate surface area is 119 Å². The maximum atomic E-state index is 11.9. The first kappa shape index (κ1) is 14.7. The van der Waals surface area contributed by atoms with Crippen molar-refractivity contribution < 1.29 is 14.6 Å². The van der Waals surface area contributed by atoms with Crippen LogP contribution in [0.15, 0.2) is 18.2 Å². The molecule has 1 fully saturated rings. The van der Waals surface area contributed by atoms with E-state index in [1.54, 1.807) is 19.1 Å². The summed E-state index contributed by atoms with van der Waals surface area (Å²) in [6, 6.07) is 5.33. The number of hydrogen-bond acceptors (Lipinski definition) is 5. The summed E-state index contributed by atoms with van der Waals surface area (Å²) in [6.45, 7) is 5.25. The highest BCUT2D eigenvalue weighted by Crippen LogP contribution is 2.32. The van der Waals surface area contributed by atoms with Crippen molar-refractivity contribution >= 4 is 17.3 Å². The number of ether oxygens (including phenoxy) is 1. The Balaban J connectivity index is 2.28. The molecule has 1 saturated heterocycles. The maximum absolute atomic E-state index is 11.9. The summed E-state index contributed by atoms with van der Waals surface area (Å²) in [6.07, 6.45) is 1.68. The molecule has 1 unspecified atom stereocenters. The van der Waals surface area contributed by atoms with Crippen LogP contribution < -0.4 is 10.6 Å². The van der Waals surface area contributed by atoms with E-state index in [0.29, 0.717) is 24.4 Å². The molecule has 0 bridgehead atoms. The van der Waals surface area contributed by atoms with Crippen LogP contribution in [0, 0.1) is 0 Å². The van der Waals surface area contributed by atoms with E-state index in [1.165, 1.54) is 0 Å². The van der Waals surface area contributed by atoms with Crippen molar-refractivity contribution in [2.45, 2.75) is 32.3 Å². The SMILES string of the molecule is CCOC(=O)c1cccc(N2CCCC(C)(O)C2)c1N. The number of aliphatic hydroxyl groups is 1. The number of nitrogens with zero attached hydrogens (tertiary/aromatic N) is 1. The molecule has 1 aliphatic heterocycles. The molecule has 0 amide bonds. The fourth-order valence-corrected chi connectivity index (χ4v) is 2.64. The third kappa shape index (κ3) is 3.04. The summed E-state index contributed by atoms with van der Waals surface area (Å²) in [5, 5.41) is 10.2. The number of carbonyl (C=O) groups excluding carboxylic acids is 1. The van der Waals surface area contributed by atoms with E-state index in [2.05, 4.69) is 0 Å². The predicted molar refractivity (Wildman–Crippen MR) is 78.9 cm³/mol. The van der Waals surface area contributed by atoms with Gasteiger partial charge in [-0.2, -0.15) is 0 Å². The summed E-state index contributed by atoms with van der Waals surface area (Å²) in [7, 11) is 0. The molecular formula is C15H22N2O3. The van der Waals surface area contributed by atoms with Gasteiger partial charge in [0.1, 0.15) is 0 Å². The Kier molecular flexibility index (Phi) is 4.18. The number of anilines is 2. The Hall–Kier alpha value is -1.75. The quantitative estimate of drug-likeness (QED) is 0.651. The van der Waals surface area contributed by atoms with Crippen molar-refractivity contribution in [3.05, 3.63) is 23.8 Å². The predicted octanol–water partition coefficient (Wildman–Crippen LogP) is 1.80. The van der Waals surface area contributed by atoms with E-state index >= 15 is 0 Å². The van der Waals surface area contributed by atoms with E-state index in [0.717, 1.165) is 25.1 Å². The van der Waals surface area contributed by atoms with E-state index in [-0.39, 0.29) is 0 Å². The Morgan fingerprint density at radius 2 is 2.30 bits per heavy atom. The van der Waals surface area contributed by atoms with Crippen LogP contribution in [0.25, 0.3) is 0 Å². The van der Waals surface area contributed by atoms with Crippen molar-refractivity contribution in [1.82, 2.24) is 0 Å². The number of rotatable bonds is 3. The number of nitrogen functional groups attached to an aromatic ring is 1. The average molecular weight is 278 g/mol. The molecule has 0 spiro atoms. The molecule has 5 heteroatoms. The largest absolute Gasteiger partial charge is 0.462 e. The van der Waals surface area contributed by atoms with Crippen LogP contribution >= 0.6 is 0 Å². The first-order valence-corrected chi connectivity index (χ1v) is 6.97. The second-order valence-corrected chi connectivity index (χ2v) is 5.48. The molecular weight excluding hydrogens is 256 g/mol. The van der Waals surface area contributed by atoms with Crippen LogP contribution in [-0.2, 0) is 4.74 Å². The Bertz CT molecular complexity index is 500. The number of carbonyl (C=O) groups is 1. The number of esters is 1. The van der Waals surface area contributed by atoms with Gasteiger partial charge in [-0.05, 0) is 38.8 Å². The van der Waals surface area contributed by atoms with Gasteiger partial charge in [0.15, 0.2) is 0 Å². The molecule has 0 aliphatic carbocycles. The monoisotopic (exact) mass is 278 g/mol. The third-order valence-electron chi connectivity index (χ3n) is 3.59. The van der Waals surface area contributed by atoms with Crippen molar-refractivity contribution in [1.29, 1.82) is 0 Å². The normalized spacial score (nSPS) is 22.6. The third-order valence-corrected chi connectivity index (χ3v) is 3.59. The van der Waals surface area contributed by atoms with Crippen molar-refractivity contribution in [2.24, 2.45) is 0 Å². The van der Waals surface area contributed by atoms with Gasteiger partial charge >= 0.3 is 5.97 Å². The van der Waals surface area contributed by atoms with Crippen LogP contribution in [0.1, 0.15) is 37.0 Å². The average Bonchev–Trinajstić information content (AvgIpc) is 2.38. The van der Waals surface area contributed by atoms with Gasteiger partial charge in [-0.1, -0.05) is 6.07 Å². The minimum Gasteiger partial charge on any atom is -0.462 e. The lowest BCUT2D eigenvalue weighted by atomic mass is 9.94. The smallest absolute Gasteiger partial charge is 0.340 e. The summed E-state index contributed by atoms with van der Waals surface area (Å²) in [5.41, 5.74) is 6.98. The van der Waals surface area contributed by atoms with Gasteiger partial charge in [-0.3, -0.25) is 0 Å². The molecule has 20 heavy (non-hydrogen) atoms. The van der Waals surface area contributed by atoms with E-state index < -0.39 is 11.6 Å². The van der Waals surface area contributed by atoms with Gasteiger partial charge in [-0.25, -0.2) is 4.79 Å². The first-order chi connectivity index (χ1) is 9.44. The van der Waals surface area contributed by atoms with Crippen LogP contribution in [0.2, 0.25) is 0 Å². The highest BCUT2D eigenvalue weighted by Gasteiger charge is 2.30. The van der Waals surface area contributed by atoms with Crippen LogP contribution in [0.4, 0.5) is 11.4 Å². The number of hydrogen-bond donors (Lipinski definition) is 2. The van der Waals surface area contributed by atoms with E-state index in [1.807, 2.05) is 17.9 Å². The van der Waals surface area contributed by atoms with Gasteiger partial charge in [-0.15, -0.1) is 0 Å². The molecule has 1 aliphatic rings. The zero-order valence-electron chi connectivity index (χ0n) is 12.1. The summed E-state index contributed by atoms with van der Waals surface area (Å²) >= 11 is 0. The highest BCUT2D eigenvalue weighted by atomic mass is 16.5. The van der Waals surface area contributed by atoms with Crippen LogP contribution in [0.3, 0.4) is 0 Å². The number of para-hydroxylation sites is 1. The fraction of sp³-hybridized carbons (Fsp3) is 0.533. The molecule has 1 aromatic rings. The lowest BCUT2D eigenvalue weighted by molar-refractivity contribution is 0.0450. The molecule has 1 atom stereocenters. The van der Waals surface area contributed by atoms with Gasteiger partial charge in [0.25, 0.3) is 0 Å². The van der Waals surface area contributed by atoms with Gasteiger partial charge < -0.3 is 20.5 Å². The van der Waals surface area contributed by atoms with Gasteiger partial charge in [0.2, 0.25) is 0 Å². The number of β-amino-alcohol motifs (C(OH)–C–C–N with tert-alkyl or cyclic N) is 1. The van der Waals surface area contributed by atoms with Crippen molar-refractivity contribution in [3.63, 3.8) is 0 Å². The first-order valence-electron chi connectivity index (χ1n) is 6.97.